The van der Waals surface area contributed by atoms with Crippen molar-refractivity contribution in [1.82, 2.24) is 4.90 Å². The third kappa shape index (κ3) is 1.58. The molecule has 1 saturated carbocycles. The van der Waals surface area contributed by atoms with Gasteiger partial charge in [0, 0.05) is 19.6 Å². The first-order valence-corrected chi connectivity index (χ1v) is 6.62. The van der Waals surface area contributed by atoms with E-state index in [4.69, 9.17) is 5.73 Å². The quantitative estimate of drug-likeness (QED) is 0.749. The van der Waals surface area contributed by atoms with E-state index in [1.54, 1.807) is 4.90 Å². The van der Waals surface area contributed by atoms with Gasteiger partial charge in [-0.25, -0.2) is 0 Å². The maximum absolute atomic E-state index is 12.6. The highest BCUT2D eigenvalue weighted by molar-refractivity contribution is 5.91. The van der Waals surface area contributed by atoms with Crippen LogP contribution in [0.25, 0.3) is 0 Å². The molecule has 1 aliphatic carbocycles. The smallest absolute Gasteiger partial charge is 0.233 e. The molecule has 2 N–H and O–H groups in total. The Morgan fingerprint density at radius 3 is 2.84 bits per heavy atom. The fraction of sp³-hybridized carbons (Fsp3) is 0.467. The van der Waals surface area contributed by atoms with Gasteiger partial charge < -0.3 is 10.6 Å². The van der Waals surface area contributed by atoms with E-state index in [0.717, 1.165) is 17.5 Å². The monoisotopic (exact) mass is 255 g/mol. The highest BCUT2D eigenvalue weighted by Gasteiger charge is 2.53. The van der Waals surface area contributed by atoms with E-state index in [9.17, 15) is 10.1 Å². The predicted molar refractivity (Wildman–Crippen MR) is 71.4 cm³/mol. The average Bonchev–Trinajstić information content (AvgIpc) is 2.49. The summed E-state index contributed by atoms with van der Waals surface area (Å²) in [7, 11) is 1.84. The molecule has 0 bridgehead atoms. The maximum atomic E-state index is 12.6. The summed E-state index contributed by atoms with van der Waals surface area (Å²) in [5.41, 5.74) is 8.22. The van der Waals surface area contributed by atoms with Crippen molar-refractivity contribution in [2.45, 2.75) is 30.7 Å². The minimum atomic E-state index is -0.479. The van der Waals surface area contributed by atoms with Crippen LogP contribution in [0.4, 0.5) is 0 Å². The fourth-order valence-electron chi connectivity index (χ4n) is 3.50. The van der Waals surface area contributed by atoms with Crippen LogP contribution >= 0.6 is 0 Å². The molecule has 1 heterocycles. The SMILES string of the molecule is CN1CCc2c(C#N)cccc2C2(CC(N)C2)C1=O. The number of likely N-dealkylation sites (N-methyl/N-ethyl adjacent to an activating group) is 1. The Bertz CT molecular complexity index is 582. The molecule has 1 spiro atoms. The normalized spacial score (nSPS) is 29.4. The van der Waals surface area contributed by atoms with Gasteiger partial charge in [-0.05, 0) is 36.5 Å². The van der Waals surface area contributed by atoms with Crippen molar-refractivity contribution in [3.8, 4) is 6.07 Å². The van der Waals surface area contributed by atoms with Crippen LogP contribution in [0.1, 0.15) is 29.5 Å². The lowest BCUT2D eigenvalue weighted by Crippen LogP contribution is -2.57. The van der Waals surface area contributed by atoms with E-state index in [1.165, 1.54) is 0 Å². The van der Waals surface area contributed by atoms with Crippen molar-refractivity contribution in [2.75, 3.05) is 13.6 Å². The van der Waals surface area contributed by atoms with Crippen LogP contribution in [0, 0.1) is 11.3 Å². The van der Waals surface area contributed by atoms with Gasteiger partial charge in [-0.3, -0.25) is 4.79 Å². The molecule has 1 aromatic carbocycles. The highest BCUT2D eigenvalue weighted by Crippen LogP contribution is 2.47. The molecular weight excluding hydrogens is 238 g/mol. The molecule has 4 heteroatoms. The molecular formula is C15H17N3O. The van der Waals surface area contributed by atoms with Crippen molar-refractivity contribution in [1.29, 1.82) is 5.26 Å². The Balaban J connectivity index is 2.19. The molecule has 0 aromatic heterocycles. The van der Waals surface area contributed by atoms with Crippen molar-refractivity contribution < 1.29 is 4.79 Å². The van der Waals surface area contributed by atoms with Gasteiger partial charge in [0.2, 0.25) is 5.91 Å². The summed E-state index contributed by atoms with van der Waals surface area (Å²) in [6.45, 7) is 0.668. The lowest BCUT2D eigenvalue weighted by atomic mass is 9.60. The van der Waals surface area contributed by atoms with E-state index in [2.05, 4.69) is 6.07 Å². The summed E-state index contributed by atoms with van der Waals surface area (Å²) in [5.74, 6) is 0.156. The number of nitriles is 1. The highest BCUT2D eigenvalue weighted by atomic mass is 16.2. The minimum Gasteiger partial charge on any atom is -0.345 e. The lowest BCUT2D eigenvalue weighted by molar-refractivity contribution is -0.139. The largest absolute Gasteiger partial charge is 0.345 e. The van der Waals surface area contributed by atoms with Crippen LogP contribution in [-0.4, -0.2) is 30.4 Å². The number of hydrogen-bond acceptors (Lipinski definition) is 3. The molecule has 3 rings (SSSR count). The molecule has 2 aliphatic rings. The molecule has 19 heavy (non-hydrogen) atoms. The zero-order valence-corrected chi connectivity index (χ0v) is 11.0. The Kier molecular flexibility index (Phi) is 2.61. The third-order valence-electron chi connectivity index (χ3n) is 4.49. The zero-order chi connectivity index (χ0) is 13.6. The van der Waals surface area contributed by atoms with Crippen LogP contribution in [0.5, 0.6) is 0 Å². The molecule has 0 saturated heterocycles. The van der Waals surface area contributed by atoms with Crippen molar-refractivity contribution >= 4 is 5.91 Å². The first kappa shape index (κ1) is 12.2. The first-order chi connectivity index (χ1) is 9.08. The van der Waals surface area contributed by atoms with Crippen LogP contribution in [0.15, 0.2) is 18.2 Å². The summed E-state index contributed by atoms with van der Waals surface area (Å²) in [5, 5.41) is 9.26. The van der Waals surface area contributed by atoms with E-state index < -0.39 is 5.41 Å². The summed E-state index contributed by atoms with van der Waals surface area (Å²) in [6, 6.07) is 8.05. The van der Waals surface area contributed by atoms with Gasteiger partial charge in [0.25, 0.3) is 0 Å². The second-order valence-electron chi connectivity index (χ2n) is 5.67. The lowest BCUT2D eigenvalue weighted by Gasteiger charge is -2.46. The van der Waals surface area contributed by atoms with Crippen LogP contribution < -0.4 is 5.73 Å². The van der Waals surface area contributed by atoms with Crippen LogP contribution in [0.3, 0.4) is 0 Å². The second-order valence-corrected chi connectivity index (χ2v) is 5.67. The third-order valence-corrected chi connectivity index (χ3v) is 4.49. The van der Waals surface area contributed by atoms with Gasteiger partial charge >= 0.3 is 0 Å². The van der Waals surface area contributed by atoms with Crippen molar-refractivity contribution in [3.05, 3.63) is 34.9 Å². The topological polar surface area (TPSA) is 70.1 Å². The maximum Gasteiger partial charge on any atom is 0.233 e. The molecule has 1 amide bonds. The number of fused-ring (bicyclic) bond motifs is 2. The number of benzene rings is 1. The summed E-state index contributed by atoms with van der Waals surface area (Å²) >= 11 is 0. The summed E-state index contributed by atoms with van der Waals surface area (Å²) in [6.07, 6.45) is 2.13. The van der Waals surface area contributed by atoms with Crippen molar-refractivity contribution in [2.24, 2.45) is 5.73 Å². The molecule has 4 nitrogen and oxygen atoms in total. The standard InChI is InChI=1S/C15H17N3O/c1-18-6-5-12-10(9-16)3-2-4-13(12)15(14(18)19)7-11(17)8-15/h2-4,11H,5-8,17H2,1H3. The molecule has 0 unspecified atom stereocenters. The zero-order valence-electron chi connectivity index (χ0n) is 11.0. The number of rotatable bonds is 0. The number of hydrogen-bond donors (Lipinski definition) is 1. The van der Waals surface area contributed by atoms with E-state index >= 15 is 0 Å². The Hall–Kier alpha value is -1.86. The van der Waals surface area contributed by atoms with Gasteiger partial charge in [-0.1, -0.05) is 12.1 Å². The first-order valence-electron chi connectivity index (χ1n) is 6.62. The minimum absolute atomic E-state index is 0.0917. The van der Waals surface area contributed by atoms with Gasteiger partial charge in [0.05, 0.1) is 17.0 Å². The molecule has 0 radical (unpaired) electrons. The average molecular weight is 255 g/mol. The number of amides is 1. The Labute approximate surface area is 112 Å². The Morgan fingerprint density at radius 1 is 1.47 bits per heavy atom. The summed E-state index contributed by atoms with van der Waals surface area (Å²) in [4.78, 5) is 14.4. The predicted octanol–water partition coefficient (Wildman–Crippen LogP) is 0.932. The van der Waals surface area contributed by atoms with Gasteiger partial charge in [-0.2, -0.15) is 5.26 Å². The van der Waals surface area contributed by atoms with Gasteiger partial charge in [0.1, 0.15) is 0 Å². The second kappa shape index (κ2) is 4.07. The van der Waals surface area contributed by atoms with Gasteiger partial charge in [-0.15, -0.1) is 0 Å². The number of nitrogens with two attached hydrogens (primary N) is 1. The van der Waals surface area contributed by atoms with Crippen LogP contribution in [-0.2, 0) is 16.6 Å². The van der Waals surface area contributed by atoms with E-state index in [1.807, 2.05) is 25.2 Å². The molecule has 98 valence electrons. The number of nitrogens with zero attached hydrogens (tertiary/aromatic N) is 2. The molecule has 1 aromatic rings. The van der Waals surface area contributed by atoms with Crippen molar-refractivity contribution in [3.63, 3.8) is 0 Å². The van der Waals surface area contributed by atoms with E-state index in [0.29, 0.717) is 24.9 Å². The molecule has 1 fully saturated rings. The number of carbonyl (C=O) groups is 1. The van der Waals surface area contributed by atoms with Gasteiger partial charge in [0.15, 0.2) is 0 Å². The Morgan fingerprint density at radius 2 is 2.21 bits per heavy atom. The van der Waals surface area contributed by atoms with Crippen LogP contribution in [0.2, 0.25) is 0 Å². The fourth-order valence-corrected chi connectivity index (χ4v) is 3.50. The van der Waals surface area contributed by atoms with E-state index in [-0.39, 0.29) is 11.9 Å². The molecule has 0 atom stereocenters. The summed E-state index contributed by atoms with van der Waals surface area (Å²) < 4.78 is 0. The molecule has 1 aliphatic heterocycles. The number of carbonyl (C=O) groups excluding carboxylic acids is 1.